The molecule has 6 rings (SSSR count). The number of nitrogens with zero attached hydrogens (tertiary/aromatic N) is 6. The molecule has 206 valence electrons. The number of carbonyl (C=O) groups excluding carboxylic acids is 1. The molecule has 1 aliphatic carbocycles. The fraction of sp³-hybridized carbons (Fsp3) is 0.276. The summed E-state index contributed by atoms with van der Waals surface area (Å²) in [5, 5.41) is 14.6. The first-order chi connectivity index (χ1) is 19.7. The Labute approximate surface area is 241 Å². The maximum absolute atomic E-state index is 15.5. The predicted molar refractivity (Wildman–Crippen MR) is 144 cm³/mol. The molecule has 0 unspecified atom stereocenters. The van der Waals surface area contributed by atoms with Gasteiger partial charge in [-0.3, -0.25) is 0 Å². The minimum atomic E-state index is -3.13. The van der Waals surface area contributed by atoms with Crippen LogP contribution < -0.4 is 9.22 Å². The van der Waals surface area contributed by atoms with Crippen LogP contribution in [0.5, 0.6) is 11.5 Å². The van der Waals surface area contributed by atoms with Gasteiger partial charge in [0.1, 0.15) is 0 Å². The van der Waals surface area contributed by atoms with E-state index in [9.17, 15) is 18.8 Å². The van der Waals surface area contributed by atoms with Gasteiger partial charge in [-0.15, -0.1) is 0 Å². The number of fused-ring (bicyclic) bond motifs is 1. The molecule has 2 radical (unpaired) electrons. The number of hydrogen-bond acceptors (Lipinski definition) is 6. The van der Waals surface area contributed by atoms with Gasteiger partial charge in [-0.25, -0.2) is 0 Å². The van der Waals surface area contributed by atoms with Crippen LogP contribution >= 0.6 is 0 Å². The number of aromatic nitrogens is 4. The first kappa shape index (κ1) is 27.0. The molecule has 2 aliphatic rings. The van der Waals surface area contributed by atoms with Gasteiger partial charge in [0.25, 0.3) is 0 Å². The maximum atomic E-state index is 15.5. The van der Waals surface area contributed by atoms with Crippen LogP contribution in [0.2, 0.25) is 0 Å². The molecule has 12 heteroatoms. The van der Waals surface area contributed by atoms with Crippen molar-refractivity contribution in [1.29, 1.82) is 5.26 Å². The Morgan fingerprint density at radius 1 is 1.17 bits per heavy atom. The molecule has 1 aliphatic heterocycles. The van der Waals surface area contributed by atoms with Gasteiger partial charge in [-0.2, -0.15) is 0 Å². The summed E-state index contributed by atoms with van der Waals surface area (Å²) in [5.41, 5.74) is 0.567. The number of hydrogen-bond donors (Lipinski definition) is 0. The summed E-state index contributed by atoms with van der Waals surface area (Å²) in [5.74, 6) is -3.48. The Balaban J connectivity index is 1.34. The Bertz CT molecular complexity index is 1720. The van der Waals surface area contributed by atoms with Gasteiger partial charge in [0, 0.05) is 0 Å². The summed E-state index contributed by atoms with van der Waals surface area (Å²) >= 11 is 2.28. The van der Waals surface area contributed by atoms with Crippen molar-refractivity contribution in [2.75, 3.05) is 6.54 Å². The van der Waals surface area contributed by atoms with Gasteiger partial charge in [-0.05, 0) is 0 Å². The molecule has 2 aromatic carbocycles. The number of allylic oxidation sites excluding steroid dienone is 1. The normalized spacial score (nSPS) is 18.5. The quantitative estimate of drug-likeness (QED) is 0.174. The SMILES string of the molecule is N#C/C(=C\C1CC1)C(=O)N1CC(F)(F)C[C@H]1Cn1nc(-c2ccc(Oc3ccccc3)cc2F)c2c([As])ncnc21. The zero-order chi connectivity index (χ0) is 28.7. The zero-order valence-electron chi connectivity index (χ0n) is 21.5. The Kier molecular flexibility index (Phi) is 7.04. The predicted octanol–water partition coefficient (Wildman–Crippen LogP) is 4.31. The molecule has 41 heavy (non-hydrogen) atoms. The van der Waals surface area contributed by atoms with Crippen molar-refractivity contribution in [2.45, 2.75) is 37.8 Å². The van der Waals surface area contributed by atoms with Crippen molar-refractivity contribution >= 4 is 38.3 Å². The number of para-hydroxylation sites is 1. The van der Waals surface area contributed by atoms with Crippen molar-refractivity contribution < 1.29 is 22.7 Å². The molecule has 1 atom stereocenters. The van der Waals surface area contributed by atoms with E-state index in [1.165, 1.54) is 23.1 Å². The monoisotopic (exact) mass is 618 g/mol. The van der Waals surface area contributed by atoms with Gasteiger partial charge in [0.05, 0.1) is 0 Å². The first-order valence-corrected chi connectivity index (χ1v) is 13.9. The van der Waals surface area contributed by atoms with E-state index in [2.05, 4.69) is 31.9 Å². The molecule has 0 N–H and O–H groups in total. The van der Waals surface area contributed by atoms with Crippen molar-refractivity contribution in [3.63, 3.8) is 0 Å². The fourth-order valence-corrected chi connectivity index (χ4v) is 5.53. The summed E-state index contributed by atoms with van der Waals surface area (Å²) in [7, 11) is 0. The van der Waals surface area contributed by atoms with Gasteiger partial charge in [-0.1, -0.05) is 0 Å². The molecule has 0 bridgehead atoms. The molecule has 3 heterocycles. The van der Waals surface area contributed by atoms with E-state index in [1.54, 1.807) is 36.4 Å². The van der Waals surface area contributed by atoms with Crippen LogP contribution in [0.1, 0.15) is 19.3 Å². The van der Waals surface area contributed by atoms with Crippen molar-refractivity contribution in [2.24, 2.45) is 5.92 Å². The van der Waals surface area contributed by atoms with E-state index in [4.69, 9.17) is 4.74 Å². The summed E-state index contributed by atoms with van der Waals surface area (Å²) in [6.07, 6.45) is 4.02. The van der Waals surface area contributed by atoms with Crippen LogP contribution in [-0.2, 0) is 11.3 Å². The average Bonchev–Trinajstić information content (AvgIpc) is 3.62. The molecule has 8 nitrogen and oxygen atoms in total. The minimum absolute atomic E-state index is 0.125. The number of alkyl halides is 2. The molecule has 1 amide bonds. The summed E-state index contributed by atoms with van der Waals surface area (Å²) in [6, 6.07) is 14.3. The molecule has 1 saturated heterocycles. The number of nitriles is 1. The van der Waals surface area contributed by atoms with Crippen LogP contribution in [0.15, 0.2) is 66.5 Å². The van der Waals surface area contributed by atoms with Gasteiger partial charge < -0.3 is 0 Å². The van der Waals surface area contributed by atoms with Crippen LogP contribution in [0.3, 0.4) is 0 Å². The van der Waals surface area contributed by atoms with E-state index in [1.807, 2.05) is 12.1 Å². The van der Waals surface area contributed by atoms with Gasteiger partial charge >= 0.3 is 242 Å². The first-order valence-electron chi connectivity index (χ1n) is 13.0. The topological polar surface area (TPSA) is 96.9 Å². The number of amides is 1. The zero-order valence-corrected chi connectivity index (χ0v) is 23.4. The van der Waals surface area contributed by atoms with Gasteiger partial charge in [0.15, 0.2) is 0 Å². The number of rotatable bonds is 7. The van der Waals surface area contributed by atoms with Crippen LogP contribution in [0.25, 0.3) is 22.3 Å². The van der Waals surface area contributed by atoms with Crippen molar-refractivity contribution in [1.82, 2.24) is 24.6 Å². The summed E-state index contributed by atoms with van der Waals surface area (Å²) < 4.78 is 52.3. The fourth-order valence-electron chi connectivity index (χ4n) is 4.99. The van der Waals surface area contributed by atoms with E-state index >= 15 is 4.39 Å². The molecule has 1 saturated carbocycles. The second-order valence-corrected chi connectivity index (χ2v) is 11.0. The third kappa shape index (κ3) is 5.57. The molecule has 2 fully saturated rings. The number of carbonyl (C=O) groups is 1. The Morgan fingerprint density at radius 2 is 1.95 bits per heavy atom. The van der Waals surface area contributed by atoms with Crippen molar-refractivity contribution in [3.8, 4) is 28.8 Å². The Hall–Kier alpha value is -4.16. The second kappa shape index (κ2) is 10.7. The van der Waals surface area contributed by atoms with E-state index < -0.39 is 36.7 Å². The van der Waals surface area contributed by atoms with E-state index in [0.29, 0.717) is 27.0 Å². The number of halogens is 3. The summed E-state index contributed by atoms with van der Waals surface area (Å²) in [4.78, 5) is 22.7. The van der Waals surface area contributed by atoms with Crippen LogP contribution in [0, 0.1) is 23.1 Å². The molecule has 2 aromatic heterocycles. The number of ether oxygens (including phenoxy) is 1. The molecule has 0 spiro atoms. The standard InChI is InChI=1S/C29H22AsF3N6O2/c30-26-24-25(22-9-8-21(11-23(22)31)41-20-4-2-1-3-5-20)37-39(27(24)36-16-35-26)14-19-12-29(32,33)15-38(19)28(40)18(13-34)10-17-6-7-17/h1-5,8-11,16-17,19H,6-7,12,14-15H2/b18-10+/t19-/m0/s1. The average molecular weight is 618 g/mol. The number of likely N-dealkylation sites (tertiary alicyclic amines) is 1. The molecular weight excluding hydrogens is 596 g/mol. The van der Waals surface area contributed by atoms with Gasteiger partial charge in [0.2, 0.25) is 0 Å². The van der Waals surface area contributed by atoms with Crippen LogP contribution in [-0.4, -0.2) is 65.9 Å². The Morgan fingerprint density at radius 3 is 2.66 bits per heavy atom. The van der Waals surface area contributed by atoms with Crippen molar-refractivity contribution in [3.05, 3.63) is 72.3 Å². The summed E-state index contributed by atoms with van der Waals surface area (Å²) in [6.45, 7) is -0.922. The van der Waals surface area contributed by atoms with E-state index in [-0.39, 0.29) is 29.3 Å². The third-order valence-electron chi connectivity index (χ3n) is 7.08. The number of benzene rings is 2. The van der Waals surface area contributed by atoms with E-state index in [0.717, 1.165) is 17.7 Å². The molecular formula is C29H22AsF3N6O2. The van der Waals surface area contributed by atoms with Crippen LogP contribution in [0.4, 0.5) is 13.2 Å². The third-order valence-corrected chi connectivity index (χ3v) is 7.79. The molecule has 4 aromatic rings. The second-order valence-electron chi connectivity index (χ2n) is 10.2.